The summed E-state index contributed by atoms with van der Waals surface area (Å²) in [5, 5.41) is 6.00. The Balaban J connectivity index is 1.86. The fourth-order valence-electron chi connectivity index (χ4n) is 2.54. The van der Waals surface area contributed by atoms with Crippen LogP contribution >= 0.6 is 11.6 Å². The molecule has 0 aliphatic heterocycles. The van der Waals surface area contributed by atoms with Gasteiger partial charge in [-0.1, -0.05) is 35.9 Å². The molecule has 1 heterocycles. The Morgan fingerprint density at radius 1 is 1.12 bits per heavy atom. The highest BCUT2D eigenvalue weighted by molar-refractivity contribution is 6.33. The molecule has 1 aromatic heterocycles. The summed E-state index contributed by atoms with van der Waals surface area (Å²) in [5.74, 6) is 0.241. The van der Waals surface area contributed by atoms with Crippen LogP contribution < -0.4 is 10.6 Å². The van der Waals surface area contributed by atoms with Crippen LogP contribution in [0.2, 0.25) is 5.02 Å². The second-order valence-electron chi connectivity index (χ2n) is 5.54. The third-order valence-electron chi connectivity index (χ3n) is 3.68. The van der Waals surface area contributed by atoms with Gasteiger partial charge in [0.2, 0.25) is 11.8 Å². The number of imidazole rings is 1. The van der Waals surface area contributed by atoms with Crippen molar-refractivity contribution in [1.29, 1.82) is 0 Å². The van der Waals surface area contributed by atoms with Crippen LogP contribution in [0.5, 0.6) is 0 Å². The van der Waals surface area contributed by atoms with Gasteiger partial charge in [-0.15, -0.1) is 0 Å². The number of nitrogens with zero attached hydrogens (tertiary/aromatic N) is 2. The monoisotopic (exact) mass is 356 g/mol. The van der Waals surface area contributed by atoms with Gasteiger partial charge >= 0.3 is 0 Å². The Hall–Kier alpha value is -2.86. The summed E-state index contributed by atoms with van der Waals surface area (Å²) in [5.41, 5.74) is 2.16. The largest absolute Gasteiger partial charge is 0.349 e. The maximum Gasteiger partial charge on any atom is 0.244 e. The molecule has 0 saturated carbocycles. The van der Waals surface area contributed by atoms with Crippen molar-refractivity contribution in [3.63, 3.8) is 0 Å². The van der Waals surface area contributed by atoms with Crippen molar-refractivity contribution < 1.29 is 9.59 Å². The van der Waals surface area contributed by atoms with Crippen molar-refractivity contribution in [1.82, 2.24) is 14.9 Å². The van der Waals surface area contributed by atoms with Gasteiger partial charge in [0.15, 0.2) is 0 Å². The normalized spacial score (nSPS) is 10.6. The first-order chi connectivity index (χ1) is 12.0. The predicted molar refractivity (Wildman–Crippen MR) is 97.3 cm³/mol. The van der Waals surface area contributed by atoms with E-state index >= 15 is 0 Å². The van der Waals surface area contributed by atoms with Crippen molar-refractivity contribution in [2.45, 2.75) is 20.0 Å². The van der Waals surface area contributed by atoms with E-state index in [1.54, 1.807) is 28.8 Å². The first kappa shape index (κ1) is 17.0. The van der Waals surface area contributed by atoms with Crippen LogP contribution in [0.15, 0.2) is 48.5 Å². The lowest BCUT2D eigenvalue weighted by atomic mass is 10.3. The van der Waals surface area contributed by atoms with Crippen molar-refractivity contribution >= 4 is 40.1 Å². The van der Waals surface area contributed by atoms with E-state index in [9.17, 15) is 9.59 Å². The van der Waals surface area contributed by atoms with Gasteiger partial charge in [0.05, 0.1) is 28.3 Å². The third kappa shape index (κ3) is 3.97. The van der Waals surface area contributed by atoms with E-state index in [2.05, 4.69) is 15.6 Å². The standard InChI is InChI=1S/C18H17ClN4O2/c1-12(24)20-10-17-21-15-8-4-5-9-16(15)23(17)11-18(25)22-14-7-3-2-6-13(14)19/h2-9H,10-11H2,1H3,(H,20,24)(H,22,25). The molecule has 2 N–H and O–H groups in total. The molecule has 0 radical (unpaired) electrons. The van der Waals surface area contributed by atoms with Gasteiger partial charge in [-0.05, 0) is 24.3 Å². The molecule has 0 saturated heterocycles. The number of rotatable bonds is 5. The summed E-state index contributed by atoms with van der Waals surface area (Å²) in [6.45, 7) is 1.77. The first-order valence-electron chi connectivity index (χ1n) is 7.77. The maximum atomic E-state index is 12.5. The van der Waals surface area contributed by atoms with Crippen LogP contribution in [0, 0.1) is 0 Å². The summed E-state index contributed by atoms with van der Waals surface area (Å²) < 4.78 is 1.79. The van der Waals surface area contributed by atoms with Gasteiger partial charge in [-0.3, -0.25) is 9.59 Å². The SMILES string of the molecule is CC(=O)NCc1nc2ccccc2n1CC(=O)Nc1ccccc1Cl. The summed E-state index contributed by atoms with van der Waals surface area (Å²) in [6.07, 6.45) is 0. The number of fused-ring (bicyclic) bond motifs is 1. The number of hydrogen-bond donors (Lipinski definition) is 2. The lowest BCUT2D eigenvalue weighted by molar-refractivity contribution is -0.119. The number of halogens is 1. The Morgan fingerprint density at radius 3 is 2.60 bits per heavy atom. The molecule has 3 rings (SSSR count). The van der Waals surface area contributed by atoms with Crippen molar-refractivity contribution in [2.75, 3.05) is 5.32 Å². The Morgan fingerprint density at radius 2 is 1.84 bits per heavy atom. The van der Waals surface area contributed by atoms with Crippen LogP contribution in [0.3, 0.4) is 0 Å². The average Bonchev–Trinajstić information content (AvgIpc) is 2.93. The third-order valence-corrected chi connectivity index (χ3v) is 4.01. The van der Waals surface area contributed by atoms with Crippen molar-refractivity contribution in [2.24, 2.45) is 0 Å². The smallest absolute Gasteiger partial charge is 0.244 e. The van der Waals surface area contributed by atoms with E-state index < -0.39 is 0 Å². The van der Waals surface area contributed by atoms with Crippen LogP contribution in [0.4, 0.5) is 5.69 Å². The average molecular weight is 357 g/mol. The van der Waals surface area contributed by atoms with E-state index in [1.165, 1.54) is 6.92 Å². The van der Waals surface area contributed by atoms with E-state index in [4.69, 9.17) is 11.6 Å². The molecule has 7 heteroatoms. The summed E-state index contributed by atoms with van der Waals surface area (Å²) in [4.78, 5) is 28.2. The second kappa shape index (κ2) is 7.36. The molecule has 6 nitrogen and oxygen atoms in total. The summed E-state index contributed by atoms with van der Waals surface area (Å²) >= 11 is 6.08. The number of para-hydroxylation sites is 3. The molecular weight excluding hydrogens is 340 g/mol. The van der Waals surface area contributed by atoms with E-state index in [0.29, 0.717) is 16.5 Å². The molecular formula is C18H17ClN4O2. The first-order valence-corrected chi connectivity index (χ1v) is 8.15. The summed E-state index contributed by atoms with van der Waals surface area (Å²) in [7, 11) is 0. The second-order valence-corrected chi connectivity index (χ2v) is 5.95. The number of hydrogen-bond acceptors (Lipinski definition) is 3. The van der Waals surface area contributed by atoms with Crippen molar-refractivity contribution in [3.8, 4) is 0 Å². The van der Waals surface area contributed by atoms with Crippen LogP contribution in [0.1, 0.15) is 12.7 Å². The highest BCUT2D eigenvalue weighted by Crippen LogP contribution is 2.21. The number of carbonyl (C=O) groups excluding carboxylic acids is 2. The quantitative estimate of drug-likeness (QED) is 0.738. The van der Waals surface area contributed by atoms with Crippen LogP contribution in [0.25, 0.3) is 11.0 Å². The lowest BCUT2D eigenvalue weighted by Crippen LogP contribution is -2.25. The van der Waals surface area contributed by atoms with Crippen LogP contribution in [-0.2, 0) is 22.7 Å². The topological polar surface area (TPSA) is 76.0 Å². The lowest BCUT2D eigenvalue weighted by Gasteiger charge is -2.11. The van der Waals surface area contributed by atoms with Crippen LogP contribution in [-0.4, -0.2) is 21.4 Å². The molecule has 25 heavy (non-hydrogen) atoms. The number of aromatic nitrogens is 2. The molecule has 0 spiro atoms. The number of nitrogens with one attached hydrogen (secondary N) is 2. The Labute approximate surface area is 149 Å². The molecule has 0 aliphatic carbocycles. The minimum Gasteiger partial charge on any atom is -0.349 e. The zero-order valence-corrected chi connectivity index (χ0v) is 14.4. The number of anilines is 1. The molecule has 0 fully saturated rings. The predicted octanol–water partition coefficient (Wildman–Crippen LogP) is 2.96. The maximum absolute atomic E-state index is 12.5. The number of amides is 2. The molecule has 0 aliphatic rings. The zero-order valence-electron chi connectivity index (χ0n) is 13.6. The van der Waals surface area contributed by atoms with E-state index in [-0.39, 0.29) is 24.9 Å². The highest BCUT2D eigenvalue weighted by atomic mass is 35.5. The Kier molecular flexibility index (Phi) is 5.00. The van der Waals surface area contributed by atoms with Gasteiger partial charge in [-0.2, -0.15) is 0 Å². The molecule has 2 amide bonds. The molecule has 0 bridgehead atoms. The van der Waals surface area contributed by atoms with Gasteiger partial charge in [0.25, 0.3) is 0 Å². The fourth-order valence-corrected chi connectivity index (χ4v) is 2.72. The molecule has 0 unspecified atom stereocenters. The van der Waals surface area contributed by atoms with Gasteiger partial charge in [0.1, 0.15) is 12.4 Å². The fraction of sp³-hybridized carbons (Fsp3) is 0.167. The van der Waals surface area contributed by atoms with E-state index in [0.717, 1.165) is 11.0 Å². The van der Waals surface area contributed by atoms with Gasteiger partial charge in [0, 0.05) is 6.92 Å². The highest BCUT2D eigenvalue weighted by Gasteiger charge is 2.14. The number of carbonyl (C=O) groups is 2. The Bertz CT molecular complexity index is 936. The molecule has 3 aromatic rings. The number of benzene rings is 2. The minimum absolute atomic E-state index is 0.0701. The minimum atomic E-state index is -0.222. The molecule has 2 aromatic carbocycles. The van der Waals surface area contributed by atoms with E-state index in [1.807, 2.05) is 24.3 Å². The van der Waals surface area contributed by atoms with Crippen molar-refractivity contribution in [3.05, 3.63) is 59.4 Å². The molecule has 128 valence electrons. The van der Waals surface area contributed by atoms with Gasteiger partial charge in [-0.25, -0.2) is 4.98 Å². The summed E-state index contributed by atoms with van der Waals surface area (Å²) in [6, 6.07) is 14.6. The van der Waals surface area contributed by atoms with Gasteiger partial charge < -0.3 is 15.2 Å². The molecule has 0 atom stereocenters. The zero-order chi connectivity index (χ0) is 17.8.